The second-order valence-corrected chi connectivity index (χ2v) is 12.2. The number of hydrogen-bond donors (Lipinski definition) is 3. The first-order valence-corrected chi connectivity index (χ1v) is 16.3. The summed E-state index contributed by atoms with van der Waals surface area (Å²) in [5, 5.41) is 15.1. The molecule has 48 heavy (non-hydrogen) atoms. The highest BCUT2D eigenvalue weighted by atomic mass is 16.7. The second-order valence-electron chi connectivity index (χ2n) is 12.2. The van der Waals surface area contributed by atoms with Crippen LogP contribution in [0.1, 0.15) is 65.2 Å². The molecule has 1 aliphatic rings. The van der Waals surface area contributed by atoms with E-state index in [9.17, 15) is 14.7 Å². The molecule has 5 atom stereocenters. The molecule has 0 spiro atoms. The van der Waals surface area contributed by atoms with Crippen LogP contribution in [0, 0.1) is 0 Å². The number of likely N-dealkylation sites (N-methyl/N-ethyl adjacent to an activating group) is 1. The van der Waals surface area contributed by atoms with Gasteiger partial charge in [-0.15, -0.1) is 0 Å². The summed E-state index contributed by atoms with van der Waals surface area (Å²) in [6.45, 7) is 3.17. The summed E-state index contributed by atoms with van der Waals surface area (Å²) in [5.74, 6) is -0.507. The fourth-order valence-electron chi connectivity index (χ4n) is 5.87. The van der Waals surface area contributed by atoms with Crippen LogP contribution in [0.25, 0.3) is 0 Å². The zero-order valence-electron chi connectivity index (χ0n) is 27.8. The molecule has 1 saturated heterocycles. The maximum atomic E-state index is 12.7. The Labute approximate surface area is 282 Å². The van der Waals surface area contributed by atoms with E-state index < -0.39 is 24.3 Å². The summed E-state index contributed by atoms with van der Waals surface area (Å²) in [4.78, 5) is 27.4. The maximum Gasteiger partial charge on any atom is 0.328 e. The van der Waals surface area contributed by atoms with Crippen molar-refractivity contribution in [3.63, 3.8) is 0 Å². The second kappa shape index (κ2) is 17.0. The van der Waals surface area contributed by atoms with Crippen molar-refractivity contribution in [3.8, 4) is 0 Å². The molecule has 1 fully saturated rings. The lowest BCUT2D eigenvalue weighted by Gasteiger charge is -2.39. The molecule has 1 heterocycles. The molecule has 4 aromatic rings. The smallest absolute Gasteiger partial charge is 0.328 e. The number of esters is 1. The zero-order chi connectivity index (χ0) is 33.9. The number of carbonyl (C=O) groups excluding carboxylic acids is 2. The number of benzene rings is 4. The average Bonchev–Trinajstić information content (AvgIpc) is 3.14. The third-order valence-electron chi connectivity index (χ3n) is 8.83. The van der Waals surface area contributed by atoms with Gasteiger partial charge in [0.05, 0.1) is 25.9 Å². The molecule has 0 aromatic heterocycles. The van der Waals surface area contributed by atoms with Crippen molar-refractivity contribution in [3.05, 3.63) is 143 Å². The van der Waals surface area contributed by atoms with E-state index in [1.807, 2.05) is 84.9 Å². The molecule has 0 unspecified atom stereocenters. The average molecular weight is 652 g/mol. The van der Waals surface area contributed by atoms with Crippen molar-refractivity contribution in [1.29, 1.82) is 0 Å². The van der Waals surface area contributed by atoms with E-state index in [4.69, 9.17) is 14.2 Å². The normalized spacial score (nSPS) is 18.9. The number of rotatable bonds is 13. The van der Waals surface area contributed by atoms with Gasteiger partial charge in [0, 0.05) is 37.5 Å². The van der Waals surface area contributed by atoms with Crippen molar-refractivity contribution in [1.82, 2.24) is 15.5 Å². The Kier molecular flexibility index (Phi) is 12.3. The lowest BCUT2D eigenvalue weighted by Crippen LogP contribution is -2.47. The van der Waals surface area contributed by atoms with Gasteiger partial charge in [-0.05, 0) is 41.8 Å². The van der Waals surface area contributed by atoms with Gasteiger partial charge in [-0.1, -0.05) is 109 Å². The van der Waals surface area contributed by atoms with Crippen LogP contribution in [0.5, 0.6) is 0 Å². The fraction of sp³-hybridized carbons (Fsp3) is 0.333. The maximum absolute atomic E-state index is 12.7. The lowest BCUT2D eigenvalue weighted by molar-refractivity contribution is -0.253. The molecular formula is C39H45N3O6. The van der Waals surface area contributed by atoms with Crippen LogP contribution in [0.2, 0.25) is 0 Å². The van der Waals surface area contributed by atoms with Crippen molar-refractivity contribution in [2.24, 2.45) is 0 Å². The number of nitrogens with one attached hydrogen (secondary N) is 2. The molecule has 0 aliphatic carbocycles. The number of amides is 2. The van der Waals surface area contributed by atoms with E-state index in [-0.39, 0.29) is 31.4 Å². The van der Waals surface area contributed by atoms with E-state index in [1.54, 1.807) is 0 Å². The van der Waals surface area contributed by atoms with Crippen LogP contribution < -0.4 is 10.6 Å². The Bertz CT molecular complexity index is 1580. The fourth-order valence-corrected chi connectivity index (χ4v) is 5.87. The number of carbonyl (C=O) groups is 2. The van der Waals surface area contributed by atoms with Gasteiger partial charge >= 0.3 is 12.0 Å². The molecule has 9 heteroatoms. The third kappa shape index (κ3) is 9.51. The zero-order valence-corrected chi connectivity index (χ0v) is 27.8. The monoisotopic (exact) mass is 651 g/mol. The molecular weight excluding hydrogens is 606 g/mol. The SMILES string of the molecule is COC(=O)[C@H](Cc1ccccc1)NC(=O)NCc1ccc([C@@H]2O[C@H](CN(C)[C@@H](C)c3ccccc3)C[C@H](c3ccc(CO)cc3)O2)cc1. The first kappa shape index (κ1) is 34.8. The van der Waals surface area contributed by atoms with Crippen LogP contribution in [-0.2, 0) is 38.6 Å². The van der Waals surface area contributed by atoms with Crippen LogP contribution >= 0.6 is 0 Å². The van der Waals surface area contributed by atoms with Crippen LogP contribution in [0.4, 0.5) is 4.79 Å². The number of aliphatic hydroxyl groups is 1. The van der Waals surface area contributed by atoms with E-state index in [1.165, 1.54) is 12.7 Å². The molecule has 1 aliphatic heterocycles. The molecule has 0 saturated carbocycles. The summed E-state index contributed by atoms with van der Waals surface area (Å²) in [6, 6.07) is 34.5. The quantitative estimate of drug-likeness (QED) is 0.152. The molecule has 5 rings (SSSR count). The highest BCUT2D eigenvalue weighted by Crippen LogP contribution is 2.38. The van der Waals surface area contributed by atoms with Gasteiger partial charge in [-0.2, -0.15) is 0 Å². The summed E-state index contributed by atoms with van der Waals surface area (Å²) in [7, 11) is 3.42. The van der Waals surface area contributed by atoms with Gasteiger partial charge in [0.25, 0.3) is 0 Å². The number of aliphatic hydroxyl groups excluding tert-OH is 1. The molecule has 4 aromatic carbocycles. The Morgan fingerprint density at radius 3 is 2.12 bits per heavy atom. The van der Waals surface area contributed by atoms with Gasteiger partial charge in [0.2, 0.25) is 0 Å². The summed E-state index contributed by atoms with van der Waals surface area (Å²) >= 11 is 0. The molecule has 2 amide bonds. The minimum Gasteiger partial charge on any atom is -0.467 e. The third-order valence-corrected chi connectivity index (χ3v) is 8.83. The minimum atomic E-state index is -0.809. The van der Waals surface area contributed by atoms with Gasteiger partial charge in [-0.25, -0.2) is 9.59 Å². The van der Waals surface area contributed by atoms with Crippen molar-refractivity contribution < 1.29 is 28.9 Å². The molecule has 0 bridgehead atoms. The lowest BCUT2D eigenvalue weighted by atomic mass is 9.99. The highest BCUT2D eigenvalue weighted by Gasteiger charge is 2.33. The first-order chi connectivity index (χ1) is 23.3. The summed E-state index contributed by atoms with van der Waals surface area (Å²) in [6.07, 6.45) is 0.146. The summed E-state index contributed by atoms with van der Waals surface area (Å²) in [5.41, 5.74) is 5.80. The molecule has 9 nitrogen and oxygen atoms in total. The van der Waals surface area contributed by atoms with Crippen molar-refractivity contribution in [2.75, 3.05) is 20.7 Å². The Morgan fingerprint density at radius 2 is 1.48 bits per heavy atom. The van der Waals surface area contributed by atoms with E-state index in [0.29, 0.717) is 12.8 Å². The first-order valence-electron chi connectivity index (χ1n) is 16.3. The Hall–Kier alpha value is -4.54. The highest BCUT2D eigenvalue weighted by molar-refractivity contribution is 5.83. The van der Waals surface area contributed by atoms with Gasteiger partial charge in [0.15, 0.2) is 6.29 Å². The number of urea groups is 1. The number of nitrogens with zero attached hydrogens (tertiary/aromatic N) is 1. The molecule has 3 N–H and O–H groups in total. The van der Waals surface area contributed by atoms with Gasteiger partial charge < -0.3 is 30.0 Å². The largest absolute Gasteiger partial charge is 0.467 e. The predicted molar refractivity (Wildman–Crippen MR) is 184 cm³/mol. The number of methoxy groups -OCH3 is 1. The van der Waals surface area contributed by atoms with E-state index in [0.717, 1.165) is 34.4 Å². The van der Waals surface area contributed by atoms with Gasteiger partial charge in [-0.3, -0.25) is 4.90 Å². The van der Waals surface area contributed by atoms with Crippen LogP contribution in [-0.4, -0.2) is 54.9 Å². The Balaban J connectivity index is 1.23. The van der Waals surface area contributed by atoms with Gasteiger partial charge in [0.1, 0.15) is 6.04 Å². The standard InChI is InChI=1S/C39H45N3O6/c1-27(31-12-8-5-9-13-31)42(2)25-34-23-36(32-18-16-30(26-43)17-19-32)48-38(47-34)33-20-14-29(15-21-33)24-40-39(45)41-35(37(44)46-3)22-28-10-6-4-7-11-28/h4-21,27,34-36,38,43H,22-26H2,1-3H3,(H2,40,41,45)/t27-,34-,35-,36+,38+/m0/s1. The van der Waals surface area contributed by atoms with Crippen LogP contribution in [0.15, 0.2) is 109 Å². The summed E-state index contributed by atoms with van der Waals surface area (Å²) < 4.78 is 18.0. The van der Waals surface area contributed by atoms with E-state index in [2.05, 4.69) is 53.8 Å². The predicted octanol–water partition coefficient (Wildman–Crippen LogP) is 6.00. The van der Waals surface area contributed by atoms with Crippen LogP contribution in [0.3, 0.4) is 0 Å². The van der Waals surface area contributed by atoms with Crippen molar-refractivity contribution in [2.45, 2.75) is 63.5 Å². The molecule has 0 radical (unpaired) electrons. The minimum absolute atomic E-state index is 0.00918. The van der Waals surface area contributed by atoms with Crippen molar-refractivity contribution >= 4 is 12.0 Å². The number of hydrogen-bond acceptors (Lipinski definition) is 7. The van der Waals surface area contributed by atoms with E-state index >= 15 is 0 Å². The molecule has 252 valence electrons. The number of ether oxygens (including phenoxy) is 3. The topological polar surface area (TPSA) is 109 Å². The Morgan fingerprint density at radius 1 is 0.854 bits per heavy atom.